The molecule has 6 atom stereocenters. The maximum atomic E-state index is 10.3. The second kappa shape index (κ2) is 5.35. The van der Waals surface area contributed by atoms with E-state index in [2.05, 4.69) is 15.0 Å². The number of aliphatic hydroxyl groups excluding tert-OH is 3. The van der Waals surface area contributed by atoms with E-state index in [1.165, 1.54) is 12.7 Å². The van der Waals surface area contributed by atoms with E-state index in [9.17, 15) is 10.2 Å². The van der Waals surface area contributed by atoms with Gasteiger partial charge in [-0.05, 0) is 0 Å². The van der Waals surface area contributed by atoms with Crippen molar-refractivity contribution >= 4 is 17.0 Å². The first-order valence-electron chi connectivity index (χ1n) is 7.39. The molecule has 0 radical (unpaired) electrons. The van der Waals surface area contributed by atoms with Crippen LogP contribution in [0.3, 0.4) is 0 Å². The van der Waals surface area contributed by atoms with Gasteiger partial charge in [-0.15, -0.1) is 0 Å². The third-order valence-corrected chi connectivity index (χ3v) is 4.45. The fraction of sp³-hybridized carbons (Fsp3) is 0.615. The predicted molar refractivity (Wildman–Crippen MR) is 78.1 cm³/mol. The van der Waals surface area contributed by atoms with Crippen molar-refractivity contribution in [2.75, 3.05) is 25.4 Å². The highest BCUT2D eigenvalue weighted by Crippen LogP contribution is 2.33. The van der Waals surface area contributed by atoms with Gasteiger partial charge in [0.2, 0.25) is 0 Å². The number of nitrogens with two attached hydrogens (primary N) is 1. The Morgan fingerprint density at radius 1 is 1.26 bits per heavy atom. The number of rotatable bonds is 4. The fourth-order valence-electron chi connectivity index (χ4n) is 3.02. The Balaban J connectivity index is 1.57. The minimum atomic E-state index is -1.11. The normalized spacial score (nSPS) is 36.7. The topological polar surface area (TPSA) is 143 Å². The molecule has 2 aromatic heterocycles. The van der Waals surface area contributed by atoms with Crippen LogP contribution in [0.2, 0.25) is 0 Å². The number of anilines is 1. The van der Waals surface area contributed by atoms with Gasteiger partial charge in [0.15, 0.2) is 17.7 Å². The van der Waals surface area contributed by atoms with Crippen LogP contribution in [0.5, 0.6) is 0 Å². The molecule has 2 fully saturated rings. The summed E-state index contributed by atoms with van der Waals surface area (Å²) in [5, 5.41) is 29.6. The van der Waals surface area contributed by atoms with Gasteiger partial charge in [0.05, 0.1) is 12.9 Å². The largest absolute Gasteiger partial charge is 0.395 e. The van der Waals surface area contributed by atoms with Gasteiger partial charge in [-0.3, -0.25) is 9.47 Å². The summed E-state index contributed by atoms with van der Waals surface area (Å²) in [6.45, 7) is 1.29. The van der Waals surface area contributed by atoms with Crippen molar-refractivity contribution in [3.8, 4) is 0 Å². The maximum absolute atomic E-state index is 10.3. The Bertz CT molecular complexity index is 724. The molecule has 0 saturated carbocycles. The number of nitrogen functional groups attached to an aromatic ring is 1. The smallest absolute Gasteiger partial charge is 0.167 e. The predicted octanol–water partition coefficient (Wildman–Crippen LogP) is -2.30. The van der Waals surface area contributed by atoms with Gasteiger partial charge in [-0.2, -0.15) is 0 Å². The monoisotopic (exact) mass is 322 g/mol. The van der Waals surface area contributed by atoms with E-state index >= 15 is 0 Å². The van der Waals surface area contributed by atoms with Gasteiger partial charge in [0.25, 0.3) is 0 Å². The first-order chi connectivity index (χ1) is 11.1. The summed E-state index contributed by atoms with van der Waals surface area (Å²) in [6.07, 6.45) is -0.720. The Morgan fingerprint density at radius 3 is 2.83 bits per heavy atom. The molecule has 0 spiro atoms. The lowest BCUT2D eigenvalue weighted by Crippen LogP contribution is -2.35. The highest BCUT2D eigenvalue weighted by atomic mass is 16.6. The van der Waals surface area contributed by atoms with Crippen molar-refractivity contribution in [2.45, 2.75) is 30.6 Å². The van der Waals surface area contributed by atoms with E-state index in [1.54, 1.807) is 4.57 Å². The third kappa shape index (κ3) is 2.35. The molecule has 0 bridgehead atoms. The molecule has 0 aromatic carbocycles. The van der Waals surface area contributed by atoms with Crippen LogP contribution in [0.1, 0.15) is 6.23 Å². The Labute approximate surface area is 131 Å². The molecule has 5 N–H and O–H groups in total. The maximum Gasteiger partial charge on any atom is 0.167 e. The van der Waals surface area contributed by atoms with Crippen LogP contribution in [0.4, 0.5) is 5.82 Å². The standard InChI is InChI=1S/C13H18N6O4/c14-11-8-12(16-4-15-11)19(5-17-8)13-10(22)9(21)7(23-13)2-18-1-6(18)3-20/h4-7,9-10,13,20-22H,1-3H2,(H2,14,15,16)/t6?,7-,9?,10?,13-,18?/m1/s1. The van der Waals surface area contributed by atoms with Crippen molar-refractivity contribution in [3.63, 3.8) is 0 Å². The van der Waals surface area contributed by atoms with Gasteiger partial charge in [-0.25, -0.2) is 15.0 Å². The van der Waals surface area contributed by atoms with Crippen molar-refractivity contribution in [2.24, 2.45) is 0 Å². The summed E-state index contributed by atoms with van der Waals surface area (Å²) >= 11 is 0. The lowest BCUT2D eigenvalue weighted by atomic mass is 10.1. The molecule has 124 valence electrons. The highest BCUT2D eigenvalue weighted by molar-refractivity contribution is 5.81. The molecular formula is C13H18N6O4. The van der Waals surface area contributed by atoms with E-state index in [0.717, 1.165) is 6.54 Å². The van der Waals surface area contributed by atoms with Gasteiger partial charge in [0.1, 0.15) is 30.2 Å². The van der Waals surface area contributed by atoms with Crippen LogP contribution >= 0.6 is 0 Å². The molecule has 4 rings (SSSR count). The number of ether oxygens (including phenoxy) is 1. The lowest BCUT2D eigenvalue weighted by molar-refractivity contribution is -0.0383. The number of hydrogen-bond donors (Lipinski definition) is 4. The zero-order valence-electron chi connectivity index (χ0n) is 12.2. The van der Waals surface area contributed by atoms with E-state index < -0.39 is 24.5 Å². The summed E-state index contributed by atoms with van der Waals surface area (Å²) < 4.78 is 7.37. The average Bonchev–Trinajstić information content (AvgIpc) is 3.07. The van der Waals surface area contributed by atoms with Crippen molar-refractivity contribution in [1.29, 1.82) is 0 Å². The first-order valence-corrected chi connectivity index (χ1v) is 7.39. The molecule has 4 heterocycles. The second-order valence-corrected chi connectivity index (χ2v) is 5.92. The Kier molecular flexibility index (Phi) is 3.43. The molecule has 2 aromatic rings. The summed E-state index contributed by atoms with van der Waals surface area (Å²) in [6, 6.07) is 0.114. The molecule has 10 nitrogen and oxygen atoms in total. The quantitative estimate of drug-likeness (QED) is 0.457. The molecule has 2 saturated heterocycles. The number of imidazole rings is 1. The van der Waals surface area contributed by atoms with E-state index in [0.29, 0.717) is 17.7 Å². The molecule has 10 heteroatoms. The Hall–Kier alpha value is -1.85. The highest BCUT2D eigenvalue weighted by Gasteiger charge is 2.47. The molecule has 2 aliphatic rings. The van der Waals surface area contributed by atoms with Crippen LogP contribution in [0, 0.1) is 0 Å². The number of hydrogen-bond acceptors (Lipinski definition) is 9. The molecule has 23 heavy (non-hydrogen) atoms. The summed E-state index contributed by atoms with van der Waals surface area (Å²) in [5.74, 6) is 0.244. The number of aliphatic hydroxyl groups is 3. The van der Waals surface area contributed by atoms with E-state index in [4.69, 9.17) is 15.6 Å². The number of fused-ring (bicyclic) bond motifs is 1. The van der Waals surface area contributed by atoms with Crippen LogP contribution in [0.15, 0.2) is 12.7 Å². The second-order valence-electron chi connectivity index (χ2n) is 5.92. The summed E-state index contributed by atoms with van der Waals surface area (Å²) in [4.78, 5) is 14.1. The zero-order valence-corrected chi connectivity index (χ0v) is 12.2. The van der Waals surface area contributed by atoms with Gasteiger partial charge in [-0.1, -0.05) is 0 Å². The van der Waals surface area contributed by atoms with E-state index in [-0.39, 0.29) is 18.5 Å². The SMILES string of the molecule is Nc1ncnc2c1ncn2[C@@H]1O[C@H](CN2CC2CO)C(O)C1O. The number of aromatic nitrogens is 4. The molecule has 2 aliphatic heterocycles. The minimum absolute atomic E-state index is 0.0805. The summed E-state index contributed by atoms with van der Waals surface area (Å²) in [5.41, 5.74) is 6.62. The van der Waals surface area contributed by atoms with Gasteiger partial charge < -0.3 is 25.8 Å². The van der Waals surface area contributed by atoms with Gasteiger partial charge in [0, 0.05) is 19.1 Å². The molecule has 0 amide bonds. The van der Waals surface area contributed by atoms with E-state index in [1.807, 2.05) is 4.90 Å². The van der Waals surface area contributed by atoms with Gasteiger partial charge >= 0.3 is 0 Å². The average molecular weight is 322 g/mol. The first kappa shape index (κ1) is 14.7. The number of nitrogens with zero attached hydrogens (tertiary/aromatic N) is 5. The Morgan fingerprint density at radius 2 is 2.09 bits per heavy atom. The molecular weight excluding hydrogens is 304 g/mol. The van der Waals surface area contributed by atoms with Crippen molar-refractivity contribution < 1.29 is 20.1 Å². The third-order valence-electron chi connectivity index (χ3n) is 4.45. The van der Waals surface area contributed by atoms with Crippen LogP contribution in [-0.2, 0) is 4.74 Å². The van der Waals surface area contributed by atoms with Crippen LogP contribution in [0.25, 0.3) is 11.2 Å². The lowest BCUT2D eigenvalue weighted by Gasteiger charge is -2.16. The fourth-order valence-corrected chi connectivity index (χ4v) is 3.02. The summed E-state index contributed by atoms with van der Waals surface area (Å²) in [7, 11) is 0. The zero-order chi connectivity index (χ0) is 16.1. The van der Waals surface area contributed by atoms with Crippen LogP contribution in [-0.4, -0.2) is 83.8 Å². The minimum Gasteiger partial charge on any atom is -0.395 e. The van der Waals surface area contributed by atoms with Crippen molar-refractivity contribution in [3.05, 3.63) is 12.7 Å². The molecule has 4 unspecified atom stereocenters. The molecule has 0 aliphatic carbocycles. The van der Waals surface area contributed by atoms with Crippen molar-refractivity contribution in [1.82, 2.24) is 24.4 Å². The van der Waals surface area contributed by atoms with Crippen LogP contribution < -0.4 is 5.73 Å².